The van der Waals surface area contributed by atoms with Crippen molar-refractivity contribution in [1.82, 2.24) is 10.3 Å². The molecule has 1 aliphatic heterocycles. The minimum Gasteiger partial charge on any atom is -0.463 e. The molecular formula is C19H11F3N2O5. The third kappa shape index (κ3) is 3.23. The molecule has 0 fully saturated rings. The Morgan fingerprint density at radius 3 is 2.45 bits per heavy atom. The van der Waals surface area contributed by atoms with Gasteiger partial charge in [0.25, 0.3) is 5.91 Å². The van der Waals surface area contributed by atoms with E-state index >= 15 is 0 Å². The van der Waals surface area contributed by atoms with Crippen molar-refractivity contribution in [3.63, 3.8) is 0 Å². The van der Waals surface area contributed by atoms with Gasteiger partial charge in [0.15, 0.2) is 11.5 Å². The van der Waals surface area contributed by atoms with Gasteiger partial charge in [0.05, 0.1) is 29.4 Å². The third-order valence-corrected chi connectivity index (χ3v) is 4.26. The van der Waals surface area contributed by atoms with Crippen LogP contribution in [0.5, 0.6) is 0 Å². The van der Waals surface area contributed by atoms with Gasteiger partial charge in [0, 0.05) is 0 Å². The molecule has 0 aliphatic carbocycles. The van der Waals surface area contributed by atoms with Crippen LogP contribution in [0.25, 0.3) is 11.5 Å². The number of alkyl halides is 3. The first-order valence-corrected chi connectivity index (χ1v) is 8.21. The molecule has 0 spiro atoms. The molecule has 1 aliphatic rings. The van der Waals surface area contributed by atoms with Crippen molar-refractivity contribution in [3.05, 3.63) is 77.2 Å². The molecule has 1 unspecified atom stereocenters. The number of hydrogen-bond acceptors (Lipinski definition) is 6. The van der Waals surface area contributed by atoms with Gasteiger partial charge in [0.2, 0.25) is 5.78 Å². The molecule has 2 N–H and O–H groups in total. The molecule has 7 nitrogen and oxygen atoms in total. The second kappa shape index (κ2) is 6.74. The van der Waals surface area contributed by atoms with E-state index in [1.807, 2.05) is 0 Å². The van der Waals surface area contributed by atoms with Gasteiger partial charge in [-0.05, 0) is 36.4 Å². The molecule has 0 bridgehead atoms. The van der Waals surface area contributed by atoms with Crippen molar-refractivity contribution < 1.29 is 36.7 Å². The van der Waals surface area contributed by atoms with E-state index in [0.29, 0.717) is 0 Å². The van der Waals surface area contributed by atoms with Gasteiger partial charge in [-0.1, -0.05) is 0 Å². The topological polar surface area (TPSA) is 106 Å². The van der Waals surface area contributed by atoms with Gasteiger partial charge in [-0.15, -0.1) is 0 Å². The van der Waals surface area contributed by atoms with Gasteiger partial charge < -0.3 is 19.3 Å². The summed E-state index contributed by atoms with van der Waals surface area (Å²) in [5.41, 5.74) is -3.32. The minimum absolute atomic E-state index is 0.167. The Morgan fingerprint density at radius 2 is 1.83 bits per heavy atom. The van der Waals surface area contributed by atoms with Crippen molar-refractivity contribution in [3.8, 4) is 11.5 Å². The highest BCUT2D eigenvalue weighted by atomic mass is 19.4. The summed E-state index contributed by atoms with van der Waals surface area (Å²) in [6, 6.07) is 8.13. The van der Waals surface area contributed by atoms with Gasteiger partial charge in [-0.3, -0.25) is 9.59 Å². The van der Waals surface area contributed by atoms with Gasteiger partial charge in [0.1, 0.15) is 17.5 Å². The normalized spacial score (nSPS) is 17.0. The number of Topliss-reactive ketones (excluding diaryl/α,β-unsaturated/α-hetero) is 1. The summed E-state index contributed by atoms with van der Waals surface area (Å²) in [5, 5.41) is 12.4. The standard InChI is InChI=1S/C19H11F3N2O5/c20-19(21,22)17-13(15(25)12-4-2-8-29-12)16(26)14-9(18(27)24-17)5-6-10(23-14)11-3-1-7-28-11/h1-8,16,26H,(H,24,27). The number of amides is 1. The molecule has 10 heteroatoms. The predicted octanol–water partition coefficient (Wildman–Crippen LogP) is 3.41. The summed E-state index contributed by atoms with van der Waals surface area (Å²) < 4.78 is 51.0. The Morgan fingerprint density at radius 1 is 1.10 bits per heavy atom. The zero-order valence-electron chi connectivity index (χ0n) is 14.4. The fraction of sp³-hybridized carbons (Fsp3) is 0.105. The molecule has 1 atom stereocenters. The van der Waals surface area contributed by atoms with E-state index in [1.54, 1.807) is 17.4 Å². The number of ketones is 1. The lowest BCUT2D eigenvalue weighted by atomic mass is 9.96. The number of carbonyl (C=O) groups excluding carboxylic acids is 2. The number of hydrogen-bond donors (Lipinski definition) is 2. The lowest BCUT2D eigenvalue weighted by Crippen LogP contribution is -2.33. The summed E-state index contributed by atoms with van der Waals surface area (Å²) in [5.74, 6) is -2.55. The van der Waals surface area contributed by atoms with Crippen LogP contribution in [0.3, 0.4) is 0 Å². The van der Waals surface area contributed by atoms with Crippen molar-refractivity contribution in [2.24, 2.45) is 0 Å². The number of aliphatic hydroxyl groups is 1. The van der Waals surface area contributed by atoms with Crippen LogP contribution in [0, 0.1) is 0 Å². The highest BCUT2D eigenvalue weighted by Gasteiger charge is 2.45. The van der Waals surface area contributed by atoms with Crippen LogP contribution >= 0.6 is 0 Å². The van der Waals surface area contributed by atoms with Crippen LogP contribution in [-0.2, 0) is 0 Å². The number of nitrogens with zero attached hydrogens (tertiary/aromatic N) is 1. The van der Waals surface area contributed by atoms with E-state index in [0.717, 1.165) is 12.3 Å². The van der Waals surface area contributed by atoms with E-state index in [1.165, 1.54) is 24.5 Å². The number of aliphatic hydroxyl groups excluding tert-OH is 1. The number of aromatic nitrogens is 1. The maximum atomic E-state index is 13.6. The second-order valence-electron chi connectivity index (χ2n) is 6.06. The zero-order chi connectivity index (χ0) is 20.8. The first-order chi connectivity index (χ1) is 13.8. The SMILES string of the molecule is O=C(C1=C(C(F)(F)F)NC(=O)c2ccc(-c3ccco3)nc2C1O)c1ccco1. The highest BCUT2D eigenvalue weighted by Crippen LogP contribution is 2.38. The lowest BCUT2D eigenvalue weighted by Gasteiger charge is -2.17. The fourth-order valence-corrected chi connectivity index (χ4v) is 2.96. The molecule has 3 aromatic rings. The van der Waals surface area contributed by atoms with Gasteiger partial charge in [-0.2, -0.15) is 13.2 Å². The summed E-state index contributed by atoms with van der Waals surface area (Å²) >= 11 is 0. The van der Waals surface area contributed by atoms with Crippen molar-refractivity contribution in [2.75, 3.05) is 0 Å². The quantitative estimate of drug-likeness (QED) is 0.648. The van der Waals surface area contributed by atoms with Crippen LogP contribution in [0.1, 0.15) is 32.7 Å². The van der Waals surface area contributed by atoms with E-state index in [9.17, 15) is 27.9 Å². The van der Waals surface area contributed by atoms with E-state index in [2.05, 4.69) is 4.98 Å². The van der Waals surface area contributed by atoms with Crippen LogP contribution in [0.15, 0.2) is 69.0 Å². The minimum atomic E-state index is -5.12. The molecule has 0 saturated heterocycles. The van der Waals surface area contributed by atoms with Crippen LogP contribution < -0.4 is 5.32 Å². The van der Waals surface area contributed by atoms with Crippen LogP contribution in [-0.4, -0.2) is 28.0 Å². The highest BCUT2D eigenvalue weighted by molar-refractivity contribution is 6.10. The van der Waals surface area contributed by atoms with Crippen LogP contribution in [0.2, 0.25) is 0 Å². The largest absolute Gasteiger partial charge is 0.463 e. The molecule has 1 amide bonds. The molecule has 148 valence electrons. The second-order valence-corrected chi connectivity index (χ2v) is 6.06. The molecule has 4 rings (SSSR count). The maximum absolute atomic E-state index is 13.6. The van der Waals surface area contributed by atoms with E-state index in [4.69, 9.17) is 8.83 Å². The lowest BCUT2D eigenvalue weighted by molar-refractivity contribution is -0.0973. The predicted molar refractivity (Wildman–Crippen MR) is 90.5 cm³/mol. The summed E-state index contributed by atoms with van der Waals surface area (Å²) in [6.45, 7) is 0. The molecule has 3 aromatic heterocycles. The number of allylic oxidation sites excluding steroid dienone is 1. The average Bonchev–Trinajstić information content (AvgIpc) is 3.38. The average molecular weight is 404 g/mol. The van der Waals surface area contributed by atoms with E-state index < -0.39 is 46.7 Å². The summed E-state index contributed by atoms with van der Waals surface area (Å²) in [4.78, 5) is 29.2. The Kier molecular flexibility index (Phi) is 4.35. The number of fused-ring (bicyclic) bond motifs is 1. The molecule has 0 saturated carbocycles. The number of carbonyl (C=O) groups is 2. The zero-order valence-corrected chi connectivity index (χ0v) is 14.4. The number of pyridine rings is 1. The number of nitrogens with one attached hydrogen (secondary N) is 1. The number of furan rings is 2. The van der Waals surface area contributed by atoms with E-state index in [-0.39, 0.29) is 17.0 Å². The Balaban J connectivity index is 1.93. The third-order valence-electron chi connectivity index (χ3n) is 4.26. The Bertz CT molecular complexity index is 1120. The summed E-state index contributed by atoms with van der Waals surface area (Å²) in [6.07, 6.45) is -4.81. The fourth-order valence-electron chi connectivity index (χ4n) is 2.96. The first-order valence-electron chi connectivity index (χ1n) is 8.21. The summed E-state index contributed by atoms with van der Waals surface area (Å²) in [7, 11) is 0. The molecule has 0 radical (unpaired) electrons. The maximum Gasteiger partial charge on any atom is 0.431 e. The first kappa shape index (κ1) is 18.7. The number of halogens is 3. The smallest absolute Gasteiger partial charge is 0.431 e. The van der Waals surface area contributed by atoms with Crippen molar-refractivity contribution in [2.45, 2.75) is 12.3 Å². The monoisotopic (exact) mass is 404 g/mol. The van der Waals surface area contributed by atoms with Crippen LogP contribution in [0.4, 0.5) is 13.2 Å². The Labute approximate surface area is 160 Å². The molecule has 4 heterocycles. The molecule has 29 heavy (non-hydrogen) atoms. The molecule has 0 aromatic carbocycles. The van der Waals surface area contributed by atoms with Crippen molar-refractivity contribution in [1.29, 1.82) is 0 Å². The molecular weight excluding hydrogens is 393 g/mol. The van der Waals surface area contributed by atoms with Crippen molar-refractivity contribution >= 4 is 11.7 Å². The van der Waals surface area contributed by atoms with Gasteiger partial charge >= 0.3 is 6.18 Å². The number of rotatable bonds is 3. The van der Waals surface area contributed by atoms with Gasteiger partial charge in [-0.25, -0.2) is 4.98 Å². The Hall–Kier alpha value is -3.66.